The van der Waals surface area contributed by atoms with Crippen LogP contribution in [0.4, 0.5) is 0 Å². The Morgan fingerprint density at radius 3 is 2.57 bits per heavy atom. The number of piperidine rings is 1. The van der Waals surface area contributed by atoms with Gasteiger partial charge in [-0.15, -0.1) is 0 Å². The summed E-state index contributed by atoms with van der Waals surface area (Å²) < 4.78 is 0. The number of amides is 1. The molecule has 1 aliphatic heterocycles. The van der Waals surface area contributed by atoms with Gasteiger partial charge in [0.1, 0.15) is 11.0 Å². The molecule has 110 valence electrons. The molecule has 2 heterocycles. The summed E-state index contributed by atoms with van der Waals surface area (Å²) in [5.74, 6) is -0.883. The predicted molar refractivity (Wildman–Crippen MR) is 74.8 cm³/mol. The smallest absolute Gasteiger partial charge is 0.309 e. The Labute approximate surface area is 120 Å². The van der Waals surface area contributed by atoms with Crippen molar-refractivity contribution in [1.29, 1.82) is 0 Å². The molecule has 1 fully saturated rings. The van der Waals surface area contributed by atoms with Crippen LogP contribution in [0.15, 0.2) is 18.2 Å². The van der Waals surface area contributed by atoms with Crippen LogP contribution in [0.2, 0.25) is 0 Å². The number of nitrogens with one attached hydrogen (secondary N) is 1. The molecule has 0 unspecified atom stereocenters. The number of carbonyl (C=O) groups excluding carboxylic acids is 1. The van der Waals surface area contributed by atoms with Gasteiger partial charge in [-0.05, 0) is 38.0 Å². The van der Waals surface area contributed by atoms with E-state index in [0.717, 1.165) is 0 Å². The first-order valence-electron chi connectivity index (χ1n) is 6.83. The Balaban J connectivity index is 1.76. The Hall–Kier alpha value is -2.44. The van der Waals surface area contributed by atoms with Crippen molar-refractivity contribution in [2.45, 2.75) is 19.8 Å². The van der Waals surface area contributed by atoms with Gasteiger partial charge in [0.25, 0.3) is 5.91 Å². The van der Waals surface area contributed by atoms with Gasteiger partial charge in [-0.3, -0.25) is 9.59 Å². The number of fused-ring (bicyclic) bond motifs is 1. The topological polar surface area (TPSA) is 99.2 Å². The van der Waals surface area contributed by atoms with Gasteiger partial charge >= 0.3 is 5.97 Å². The SMILES string of the molecule is CC1(C(=O)O)CCN(C(=O)c2ccc3n[nH]nc3c2)CC1. The van der Waals surface area contributed by atoms with Crippen molar-refractivity contribution in [3.05, 3.63) is 23.8 Å². The van der Waals surface area contributed by atoms with Crippen LogP contribution in [-0.2, 0) is 4.79 Å². The van der Waals surface area contributed by atoms with Crippen molar-refractivity contribution in [2.24, 2.45) is 5.41 Å². The second kappa shape index (κ2) is 4.83. The summed E-state index contributed by atoms with van der Waals surface area (Å²) in [6, 6.07) is 5.17. The van der Waals surface area contributed by atoms with Crippen LogP contribution in [-0.4, -0.2) is 50.4 Å². The van der Waals surface area contributed by atoms with E-state index in [9.17, 15) is 14.7 Å². The average molecular weight is 288 g/mol. The van der Waals surface area contributed by atoms with Gasteiger partial charge in [-0.1, -0.05) is 0 Å². The third-order valence-corrected chi connectivity index (χ3v) is 4.23. The fourth-order valence-electron chi connectivity index (χ4n) is 2.57. The van der Waals surface area contributed by atoms with Gasteiger partial charge in [-0.25, -0.2) is 0 Å². The molecule has 2 aromatic rings. The Morgan fingerprint density at radius 2 is 1.90 bits per heavy atom. The van der Waals surface area contributed by atoms with E-state index in [4.69, 9.17) is 0 Å². The van der Waals surface area contributed by atoms with E-state index in [2.05, 4.69) is 15.4 Å². The maximum Gasteiger partial charge on any atom is 0.309 e. The van der Waals surface area contributed by atoms with E-state index in [1.807, 2.05) is 0 Å². The van der Waals surface area contributed by atoms with Crippen LogP contribution < -0.4 is 0 Å². The molecular formula is C14H16N4O3. The molecule has 1 saturated heterocycles. The van der Waals surface area contributed by atoms with E-state index in [0.29, 0.717) is 42.5 Å². The average Bonchev–Trinajstić information content (AvgIpc) is 2.94. The molecule has 1 amide bonds. The van der Waals surface area contributed by atoms with Gasteiger partial charge < -0.3 is 10.0 Å². The minimum atomic E-state index is -0.793. The molecule has 21 heavy (non-hydrogen) atoms. The predicted octanol–water partition coefficient (Wildman–Crippen LogP) is 1.28. The highest BCUT2D eigenvalue weighted by molar-refractivity contribution is 5.97. The van der Waals surface area contributed by atoms with Crippen molar-refractivity contribution >= 4 is 22.9 Å². The second-order valence-electron chi connectivity index (χ2n) is 5.69. The lowest BCUT2D eigenvalue weighted by Crippen LogP contribution is -2.45. The maximum absolute atomic E-state index is 12.5. The summed E-state index contributed by atoms with van der Waals surface area (Å²) in [7, 11) is 0. The third kappa shape index (κ3) is 2.35. The Morgan fingerprint density at radius 1 is 1.24 bits per heavy atom. The molecule has 0 saturated carbocycles. The molecule has 1 aromatic heterocycles. The molecule has 0 spiro atoms. The molecule has 0 aliphatic carbocycles. The zero-order chi connectivity index (χ0) is 15.0. The number of H-pyrrole nitrogens is 1. The van der Waals surface area contributed by atoms with Crippen LogP contribution in [0, 0.1) is 5.41 Å². The first-order valence-corrected chi connectivity index (χ1v) is 6.83. The Kier molecular flexibility index (Phi) is 3.12. The van der Waals surface area contributed by atoms with Gasteiger partial charge in [0.15, 0.2) is 0 Å². The largest absolute Gasteiger partial charge is 0.481 e. The highest BCUT2D eigenvalue weighted by Crippen LogP contribution is 2.31. The lowest BCUT2D eigenvalue weighted by molar-refractivity contribution is -0.150. The number of nitrogens with zero attached hydrogens (tertiary/aromatic N) is 3. The van der Waals surface area contributed by atoms with E-state index < -0.39 is 11.4 Å². The lowest BCUT2D eigenvalue weighted by atomic mass is 9.80. The highest BCUT2D eigenvalue weighted by atomic mass is 16.4. The molecule has 7 nitrogen and oxygen atoms in total. The summed E-state index contributed by atoms with van der Waals surface area (Å²) in [4.78, 5) is 25.4. The van der Waals surface area contributed by atoms with E-state index in [-0.39, 0.29) is 5.91 Å². The summed E-state index contributed by atoms with van der Waals surface area (Å²) in [6.07, 6.45) is 0.945. The molecule has 0 bridgehead atoms. The van der Waals surface area contributed by atoms with Crippen molar-refractivity contribution in [3.63, 3.8) is 0 Å². The fourth-order valence-corrected chi connectivity index (χ4v) is 2.57. The minimum Gasteiger partial charge on any atom is -0.481 e. The summed E-state index contributed by atoms with van der Waals surface area (Å²) in [5.41, 5.74) is 1.18. The van der Waals surface area contributed by atoms with Crippen LogP contribution in [0.3, 0.4) is 0 Å². The number of carbonyl (C=O) groups is 2. The van der Waals surface area contributed by atoms with E-state index in [1.54, 1.807) is 30.0 Å². The molecule has 1 aliphatic rings. The number of aromatic nitrogens is 3. The molecule has 0 radical (unpaired) electrons. The summed E-state index contributed by atoms with van der Waals surface area (Å²) in [6.45, 7) is 2.65. The number of hydrogen-bond acceptors (Lipinski definition) is 4. The summed E-state index contributed by atoms with van der Waals surface area (Å²) in [5, 5.41) is 19.6. The van der Waals surface area contributed by atoms with E-state index in [1.165, 1.54) is 0 Å². The number of aromatic amines is 1. The standard InChI is InChI=1S/C14H16N4O3/c1-14(13(20)21)4-6-18(7-5-14)12(19)9-2-3-10-11(8-9)16-17-15-10/h2-3,8H,4-7H2,1H3,(H,20,21)(H,15,16,17). The zero-order valence-electron chi connectivity index (χ0n) is 11.7. The zero-order valence-corrected chi connectivity index (χ0v) is 11.7. The van der Waals surface area contributed by atoms with Crippen LogP contribution in [0.1, 0.15) is 30.1 Å². The third-order valence-electron chi connectivity index (χ3n) is 4.23. The van der Waals surface area contributed by atoms with Crippen LogP contribution in [0.25, 0.3) is 11.0 Å². The van der Waals surface area contributed by atoms with Gasteiger partial charge in [0.05, 0.1) is 5.41 Å². The first-order chi connectivity index (χ1) is 9.99. The molecule has 0 atom stereocenters. The van der Waals surface area contributed by atoms with Gasteiger partial charge in [0.2, 0.25) is 0 Å². The fraction of sp³-hybridized carbons (Fsp3) is 0.429. The number of benzene rings is 1. The molecule has 2 N–H and O–H groups in total. The number of carboxylic acid groups (broad SMARTS) is 1. The van der Waals surface area contributed by atoms with Gasteiger partial charge in [-0.2, -0.15) is 15.4 Å². The number of rotatable bonds is 2. The van der Waals surface area contributed by atoms with Crippen LogP contribution in [0.5, 0.6) is 0 Å². The molecule has 1 aromatic carbocycles. The van der Waals surface area contributed by atoms with Crippen molar-refractivity contribution in [3.8, 4) is 0 Å². The number of carboxylic acids is 1. The lowest BCUT2D eigenvalue weighted by Gasteiger charge is -2.36. The molecule has 3 rings (SSSR count). The first kappa shape index (κ1) is 13.5. The van der Waals surface area contributed by atoms with Crippen LogP contribution >= 0.6 is 0 Å². The van der Waals surface area contributed by atoms with Crippen molar-refractivity contribution in [1.82, 2.24) is 20.3 Å². The quantitative estimate of drug-likeness (QED) is 0.867. The molecular weight excluding hydrogens is 272 g/mol. The monoisotopic (exact) mass is 288 g/mol. The second-order valence-corrected chi connectivity index (χ2v) is 5.69. The van der Waals surface area contributed by atoms with Gasteiger partial charge in [0, 0.05) is 18.7 Å². The normalized spacial score (nSPS) is 17.9. The number of aliphatic carboxylic acids is 1. The molecule has 7 heteroatoms. The summed E-state index contributed by atoms with van der Waals surface area (Å²) >= 11 is 0. The maximum atomic E-state index is 12.5. The number of hydrogen-bond donors (Lipinski definition) is 2. The highest BCUT2D eigenvalue weighted by Gasteiger charge is 2.38. The van der Waals surface area contributed by atoms with Crippen molar-refractivity contribution < 1.29 is 14.7 Å². The Bertz CT molecular complexity index is 701. The number of likely N-dealkylation sites (tertiary alicyclic amines) is 1. The van der Waals surface area contributed by atoms with E-state index >= 15 is 0 Å². The van der Waals surface area contributed by atoms with Crippen molar-refractivity contribution in [2.75, 3.05) is 13.1 Å². The minimum absolute atomic E-state index is 0.0904.